The third-order valence-corrected chi connectivity index (χ3v) is 3.69. The molecule has 2 amide bonds. The highest BCUT2D eigenvalue weighted by atomic mass is 16.5. The smallest absolute Gasteiger partial charge is 0.253 e. The van der Waals surface area contributed by atoms with Gasteiger partial charge in [-0.1, -0.05) is 12.1 Å². The van der Waals surface area contributed by atoms with Crippen LogP contribution in [0.3, 0.4) is 0 Å². The molecule has 7 heteroatoms. The van der Waals surface area contributed by atoms with E-state index in [-0.39, 0.29) is 37.3 Å². The number of ether oxygens (including phenoxy) is 1. The zero-order chi connectivity index (χ0) is 17.0. The molecule has 0 fully saturated rings. The van der Waals surface area contributed by atoms with Gasteiger partial charge in [-0.15, -0.1) is 0 Å². The van der Waals surface area contributed by atoms with Crippen LogP contribution in [0.2, 0.25) is 0 Å². The average molecular weight is 319 g/mol. The largest absolute Gasteiger partial charge is 0.375 e. The number of fused-ring (bicyclic) bond motifs is 1. The molecule has 0 saturated heterocycles. The molecule has 0 aromatic heterocycles. The van der Waals surface area contributed by atoms with Gasteiger partial charge in [0, 0.05) is 7.11 Å². The van der Waals surface area contributed by atoms with E-state index >= 15 is 0 Å². The van der Waals surface area contributed by atoms with Crippen molar-refractivity contribution in [3.8, 4) is 0 Å². The highest BCUT2D eigenvalue weighted by Crippen LogP contribution is 2.32. The maximum absolute atomic E-state index is 12.7. The van der Waals surface area contributed by atoms with Crippen molar-refractivity contribution in [1.29, 1.82) is 0 Å². The molecule has 0 aliphatic carbocycles. The second-order valence-electron chi connectivity index (χ2n) is 5.39. The number of anilines is 2. The number of amides is 2. The van der Waals surface area contributed by atoms with E-state index in [4.69, 9.17) is 4.74 Å². The molecule has 0 radical (unpaired) electrons. The number of methoxy groups -OCH3 is 1. The van der Waals surface area contributed by atoms with Gasteiger partial charge in [0.1, 0.15) is 18.4 Å². The van der Waals surface area contributed by atoms with Crippen LogP contribution in [-0.4, -0.2) is 57.5 Å². The van der Waals surface area contributed by atoms with E-state index in [0.717, 1.165) is 0 Å². The molecule has 1 atom stereocenters. The second kappa shape index (κ2) is 7.34. The van der Waals surface area contributed by atoms with Gasteiger partial charge in [-0.05, 0) is 26.1 Å². The molecule has 0 saturated carbocycles. The number of nitrogens with zero attached hydrogens (tertiary/aromatic N) is 2. The molecule has 2 rings (SSSR count). The number of carbonyl (C=O) groups is 3. The minimum atomic E-state index is -0.595. The first-order valence-electron chi connectivity index (χ1n) is 7.36. The number of hydrogen-bond acceptors (Lipinski definition) is 5. The quantitative estimate of drug-likeness (QED) is 0.838. The molecule has 1 aliphatic rings. The standard InChI is InChI=1S/C16H21N3O4/c1-11(20)8-19-14-7-5-4-6-13(14)18(15(21)10-23-3)9-12(17-2)16(19)22/h4-7,12,17H,8-10H2,1-3H3. The first-order chi connectivity index (χ1) is 11.0. The Kier molecular flexibility index (Phi) is 5.46. The lowest BCUT2D eigenvalue weighted by Gasteiger charge is -2.24. The van der Waals surface area contributed by atoms with E-state index in [1.165, 1.54) is 23.8 Å². The summed E-state index contributed by atoms with van der Waals surface area (Å²) in [4.78, 5) is 39.7. The van der Waals surface area contributed by atoms with Crippen LogP contribution in [0.1, 0.15) is 6.92 Å². The minimum Gasteiger partial charge on any atom is -0.375 e. The van der Waals surface area contributed by atoms with E-state index < -0.39 is 6.04 Å². The molecule has 1 aromatic rings. The van der Waals surface area contributed by atoms with E-state index in [2.05, 4.69) is 5.32 Å². The fraction of sp³-hybridized carbons (Fsp3) is 0.438. The van der Waals surface area contributed by atoms with Gasteiger partial charge in [0.05, 0.1) is 24.5 Å². The van der Waals surface area contributed by atoms with Crippen molar-refractivity contribution in [3.63, 3.8) is 0 Å². The van der Waals surface area contributed by atoms with Gasteiger partial charge in [0.2, 0.25) is 5.91 Å². The van der Waals surface area contributed by atoms with Gasteiger partial charge in [0.25, 0.3) is 5.91 Å². The minimum absolute atomic E-state index is 0.0274. The maximum atomic E-state index is 12.7. The van der Waals surface area contributed by atoms with Crippen LogP contribution < -0.4 is 15.1 Å². The Hall–Kier alpha value is -2.25. The Morgan fingerprint density at radius 1 is 1.30 bits per heavy atom. The molecule has 1 aliphatic heterocycles. The SMILES string of the molecule is CNC1CN(C(=O)COC)c2ccccc2N(CC(C)=O)C1=O. The number of Topliss-reactive ketones (excluding diaryl/α,β-unsaturated/α-hetero) is 1. The Morgan fingerprint density at radius 2 is 1.96 bits per heavy atom. The molecule has 1 N–H and O–H groups in total. The highest BCUT2D eigenvalue weighted by molar-refractivity contribution is 6.09. The summed E-state index contributed by atoms with van der Waals surface area (Å²) >= 11 is 0. The Balaban J connectivity index is 2.53. The summed E-state index contributed by atoms with van der Waals surface area (Å²) in [5.41, 5.74) is 1.15. The number of likely N-dealkylation sites (N-methyl/N-ethyl adjacent to an activating group) is 1. The predicted molar refractivity (Wildman–Crippen MR) is 86.6 cm³/mol. The Labute approximate surface area is 135 Å². The average Bonchev–Trinajstić information content (AvgIpc) is 2.64. The molecule has 23 heavy (non-hydrogen) atoms. The van der Waals surface area contributed by atoms with Gasteiger partial charge in [-0.25, -0.2) is 0 Å². The molecular weight excluding hydrogens is 298 g/mol. The van der Waals surface area contributed by atoms with Gasteiger partial charge in [-0.2, -0.15) is 0 Å². The second-order valence-corrected chi connectivity index (χ2v) is 5.39. The lowest BCUT2D eigenvalue weighted by Crippen LogP contribution is -2.51. The summed E-state index contributed by atoms with van der Waals surface area (Å²) in [6.45, 7) is 1.51. The Morgan fingerprint density at radius 3 is 2.52 bits per heavy atom. The van der Waals surface area contributed by atoms with Crippen molar-refractivity contribution < 1.29 is 19.1 Å². The van der Waals surface area contributed by atoms with Crippen LogP contribution in [-0.2, 0) is 19.1 Å². The molecule has 7 nitrogen and oxygen atoms in total. The zero-order valence-corrected chi connectivity index (χ0v) is 13.5. The number of para-hydroxylation sites is 2. The number of carbonyl (C=O) groups excluding carboxylic acids is 3. The zero-order valence-electron chi connectivity index (χ0n) is 13.5. The number of ketones is 1. The van der Waals surface area contributed by atoms with Crippen LogP contribution in [0.25, 0.3) is 0 Å². The van der Waals surface area contributed by atoms with Crippen LogP contribution in [0.15, 0.2) is 24.3 Å². The number of nitrogens with one attached hydrogen (secondary N) is 1. The first-order valence-corrected chi connectivity index (χ1v) is 7.36. The van der Waals surface area contributed by atoms with Gasteiger partial charge in [-0.3, -0.25) is 14.4 Å². The predicted octanol–water partition coefficient (Wildman–Crippen LogP) is 0.190. The van der Waals surface area contributed by atoms with E-state index in [0.29, 0.717) is 11.4 Å². The van der Waals surface area contributed by atoms with E-state index in [9.17, 15) is 14.4 Å². The number of benzene rings is 1. The van der Waals surface area contributed by atoms with Crippen molar-refractivity contribution in [1.82, 2.24) is 5.32 Å². The summed E-state index contributed by atoms with van der Waals surface area (Å²) in [6.07, 6.45) is 0. The molecular formula is C16H21N3O4. The molecule has 1 aromatic carbocycles. The summed E-state index contributed by atoms with van der Waals surface area (Å²) in [5.74, 6) is -0.597. The highest BCUT2D eigenvalue weighted by Gasteiger charge is 2.35. The fourth-order valence-corrected chi connectivity index (χ4v) is 2.62. The van der Waals surface area contributed by atoms with Gasteiger partial charge in [0.15, 0.2) is 0 Å². The van der Waals surface area contributed by atoms with E-state index in [1.54, 1.807) is 31.3 Å². The van der Waals surface area contributed by atoms with Crippen molar-refractivity contribution >= 4 is 29.0 Å². The fourth-order valence-electron chi connectivity index (χ4n) is 2.62. The van der Waals surface area contributed by atoms with Crippen molar-refractivity contribution in [2.45, 2.75) is 13.0 Å². The lowest BCUT2D eigenvalue weighted by molar-refractivity contribution is -0.123. The molecule has 0 bridgehead atoms. The van der Waals surface area contributed by atoms with Crippen molar-refractivity contribution in [3.05, 3.63) is 24.3 Å². The summed E-state index contributed by atoms with van der Waals surface area (Å²) < 4.78 is 4.94. The normalized spacial score (nSPS) is 17.7. The topological polar surface area (TPSA) is 79.0 Å². The molecule has 1 heterocycles. The van der Waals surface area contributed by atoms with Crippen LogP contribution >= 0.6 is 0 Å². The summed E-state index contributed by atoms with van der Waals surface area (Å²) in [6, 6.07) is 6.48. The van der Waals surface area contributed by atoms with Crippen LogP contribution in [0.4, 0.5) is 11.4 Å². The van der Waals surface area contributed by atoms with Crippen molar-refractivity contribution in [2.24, 2.45) is 0 Å². The molecule has 1 unspecified atom stereocenters. The van der Waals surface area contributed by atoms with E-state index in [1.807, 2.05) is 0 Å². The third-order valence-electron chi connectivity index (χ3n) is 3.69. The number of hydrogen-bond donors (Lipinski definition) is 1. The lowest BCUT2D eigenvalue weighted by atomic mass is 10.2. The van der Waals surface area contributed by atoms with Gasteiger partial charge >= 0.3 is 0 Å². The first kappa shape index (κ1) is 17.1. The monoisotopic (exact) mass is 319 g/mol. The van der Waals surface area contributed by atoms with Gasteiger partial charge < -0.3 is 19.9 Å². The number of rotatable bonds is 5. The molecule has 124 valence electrons. The third kappa shape index (κ3) is 3.57. The summed E-state index contributed by atoms with van der Waals surface area (Å²) in [7, 11) is 3.11. The summed E-state index contributed by atoms with van der Waals surface area (Å²) in [5, 5.41) is 2.92. The van der Waals surface area contributed by atoms with Crippen molar-refractivity contribution in [2.75, 3.05) is 43.7 Å². The van der Waals surface area contributed by atoms with Crippen LogP contribution in [0.5, 0.6) is 0 Å². The molecule has 0 spiro atoms. The Bertz CT molecular complexity index is 617. The maximum Gasteiger partial charge on any atom is 0.253 e. The van der Waals surface area contributed by atoms with Crippen LogP contribution in [0, 0.1) is 0 Å².